The zero-order valence-corrected chi connectivity index (χ0v) is 20.5. The molecule has 13 heteroatoms. The second-order valence-electron chi connectivity index (χ2n) is 8.91. The van der Waals surface area contributed by atoms with Crippen molar-refractivity contribution in [1.82, 2.24) is 29.4 Å². The highest BCUT2D eigenvalue weighted by molar-refractivity contribution is 7.21. The molecule has 1 aliphatic carbocycles. The average molecular weight is 523 g/mol. The van der Waals surface area contributed by atoms with Crippen LogP contribution < -0.4 is 11.1 Å². The van der Waals surface area contributed by atoms with Crippen LogP contribution >= 0.6 is 11.3 Å². The van der Waals surface area contributed by atoms with Crippen molar-refractivity contribution in [1.29, 1.82) is 0 Å². The van der Waals surface area contributed by atoms with E-state index in [0.717, 1.165) is 35.4 Å². The molecule has 5 aromatic rings. The lowest BCUT2D eigenvalue weighted by molar-refractivity contribution is 0.100. The van der Waals surface area contributed by atoms with Crippen LogP contribution in [0.1, 0.15) is 62.3 Å². The number of nitrogens with one attached hydrogen (secondary N) is 1. The lowest BCUT2D eigenvalue weighted by Gasteiger charge is -2.09. The number of amides is 2. The quantitative estimate of drug-likeness (QED) is 0.343. The monoisotopic (exact) mass is 522 g/mol. The van der Waals surface area contributed by atoms with Crippen molar-refractivity contribution in [3.63, 3.8) is 0 Å². The first-order chi connectivity index (χ1) is 17.7. The molecular formula is C24H20F2N8O2S. The Morgan fingerprint density at radius 1 is 1.27 bits per heavy atom. The van der Waals surface area contributed by atoms with E-state index in [0.29, 0.717) is 22.3 Å². The summed E-state index contributed by atoms with van der Waals surface area (Å²) in [7, 11) is 1.83. The first-order valence-corrected chi connectivity index (χ1v) is 12.2. The van der Waals surface area contributed by atoms with Crippen LogP contribution in [0, 0.1) is 6.92 Å². The predicted octanol–water partition coefficient (Wildman–Crippen LogP) is 4.21. The highest BCUT2D eigenvalue weighted by Crippen LogP contribution is 2.48. The summed E-state index contributed by atoms with van der Waals surface area (Å²) in [6.45, 7) is 1.92. The number of pyridine rings is 1. The number of hydrogen-bond donors (Lipinski definition) is 2. The summed E-state index contributed by atoms with van der Waals surface area (Å²) in [4.78, 5) is 34.3. The first kappa shape index (κ1) is 23.2. The molecule has 5 heterocycles. The summed E-state index contributed by atoms with van der Waals surface area (Å²) in [6.07, 6.45) is 2.22. The van der Waals surface area contributed by atoms with Crippen molar-refractivity contribution in [3.05, 3.63) is 58.1 Å². The summed E-state index contributed by atoms with van der Waals surface area (Å²) >= 11 is 0.888. The van der Waals surface area contributed by atoms with E-state index in [-0.39, 0.29) is 32.7 Å². The number of halogens is 2. The lowest BCUT2D eigenvalue weighted by Crippen LogP contribution is -2.17. The van der Waals surface area contributed by atoms with Gasteiger partial charge in [-0.3, -0.25) is 14.3 Å². The lowest BCUT2D eigenvalue weighted by atomic mass is 10.0. The molecule has 2 amide bonds. The molecule has 6 rings (SSSR count). The Bertz CT molecular complexity index is 1730. The van der Waals surface area contributed by atoms with Crippen LogP contribution in [0.2, 0.25) is 0 Å². The van der Waals surface area contributed by atoms with Crippen molar-refractivity contribution in [2.45, 2.75) is 32.1 Å². The summed E-state index contributed by atoms with van der Waals surface area (Å²) in [6, 6.07) is 4.66. The molecule has 0 aliphatic heterocycles. The third kappa shape index (κ3) is 3.82. The standard InChI is InChI=1S/C24H20F2N8O2S/c1-10-13(9-29-33(10)2)16-5-6-28-17-8-15(32-34(16)17)23(36)31-19-18-12(11-3-4-11)7-14(21(25)26)30-24(18)37-20(19)22(27)35/h5-9,11,21H,3-4H2,1-2H3,(H2,27,35)(H,31,36). The van der Waals surface area contributed by atoms with Gasteiger partial charge in [-0.15, -0.1) is 11.3 Å². The van der Waals surface area contributed by atoms with Gasteiger partial charge in [0.25, 0.3) is 18.2 Å². The minimum atomic E-state index is -2.76. The van der Waals surface area contributed by atoms with Gasteiger partial charge in [0.2, 0.25) is 0 Å². The number of fused-ring (bicyclic) bond motifs is 2. The SMILES string of the molecule is Cc1c(-c2ccnc3cc(C(=O)Nc4c(C(N)=O)sc5nc(C(F)F)cc(C6CC6)c45)nn23)cnn1C. The largest absolute Gasteiger partial charge is 0.365 e. The highest BCUT2D eigenvalue weighted by Gasteiger charge is 2.32. The van der Waals surface area contributed by atoms with Crippen molar-refractivity contribution in [2.75, 3.05) is 5.32 Å². The van der Waals surface area contributed by atoms with Gasteiger partial charge in [0.15, 0.2) is 11.3 Å². The van der Waals surface area contributed by atoms with E-state index >= 15 is 0 Å². The number of carbonyl (C=O) groups is 2. The molecule has 5 aromatic heterocycles. The van der Waals surface area contributed by atoms with E-state index in [2.05, 4.69) is 25.5 Å². The van der Waals surface area contributed by atoms with E-state index < -0.39 is 18.2 Å². The number of rotatable bonds is 6. The fraction of sp³-hybridized carbons (Fsp3) is 0.250. The zero-order valence-electron chi connectivity index (χ0n) is 19.7. The van der Waals surface area contributed by atoms with E-state index in [1.807, 2.05) is 14.0 Å². The summed E-state index contributed by atoms with van der Waals surface area (Å²) in [5.74, 6) is -1.33. The molecular weight excluding hydrogens is 502 g/mol. The van der Waals surface area contributed by atoms with Crippen LogP contribution in [-0.2, 0) is 7.05 Å². The number of aromatic nitrogens is 6. The van der Waals surface area contributed by atoms with E-state index in [4.69, 9.17) is 5.73 Å². The van der Waals surface area contributed by atoms with Gasteiger partial charge in [-0.05, 0) is 43.4 Å². The molecule has 0 spiro atoms. The maximum absolute atomic E-state index is 13.5. The number of nitrogens with two attached hydrogens (primary N) is 1. The smallest absolute Gasteiger partial charge is 0.280 e. The van der Waals surface area contributed by atoms with Crippen LogP contribution in [0.3, 0.4) is 0 Å². The third-order valence-corrected chi connectivity index (χ3v) is 7.62. The minimum absolute atomic E-state index is 0.0396. The van der Waals surface area contributed by atoms with E-state index in [9.17, 15) is 18.4 Å². The molecule has 0 unspecified atom stereocenters. The first-order valence-electron chi connectivity index (χ1n) is 11.4. The number of alkyl halides is 2. The Kier molecular flexibility index (Phi) is 5.26. The molecule has 0 aromatic carbocycles. The molecule has 0 saturated heterocycles. The van der Waals surface area contributed by atoms with Gasteiger partial charge < -0.3 is 11.1 Å². The number of aryl methyl sites for hydroxylation is 1. The normalized spacial score (nSPS) is 13.6. The number of nitrogens with zero attached hydrogens (tertiary/aromatic N) is 6. The fourth-order valence-corrected chi connectivity index (χ4v) is 5.43. The number of hydrogen-bond acceptors (Lipinski definition) is 7. The summed E-state index contributed by atoms with van der Waals surface area (Å²) in [5.41, 5.74) is 8.98. The van der Waals surface area contributed by atoms with Crippen LogP contribution in [0.15, 0.2) is 30.6 Å². The second kappa shape index (κ2) is 8.40. The Hall–Kier alpha value is -4.26. The molecule has 3 N–H and O–H groups in total. The Balaban J connectivity index is 1.45. The van der Waals surface area contributed by atoms with Gasteiger partial charge in [0.05, 0.1) is 17.6 Å². The van der Waals surface area contributed by atoms with Crippen LogP contribution in [-0.4, -0.2) is 41.2 Å². The van der Waals surface area contributed by atoms with E-state index in [1.165, 1.54) is 12.1 Å². The predicted molar refractivity (Wildman–Crippen MR) is 133 cm³/mol. The Morgan fingerprint density at radius 3 is 2.70 bits per heavy atom. The molecule has 1 saturated carbocycles. The van der Waals surface area contributed by atoms with Gasteiger partial charge in [0, 0.05) is 36.0 Å². The molecule has 0 radical (unpaired) electrons. The molecule has 0 bridgehead atoms. The highest BCUT2D eigenvalue weighted by atomic mass is 32.1. The fourth-order valence-electron chi connectivity index (χ4n) is 4.41. The number of primary amides is 1. The van der Waals surface area contributed by atoms with Crippen molar-refractivity contribution in [2.24, 2.45) is 12.8 Å². The van der Waals surface area contributed by atoms with Gasteiger partial charge in [-0.25, -0.2) is 23.3 Å². The summed E-state index contributed by atoms with van der Waals surface area (Å²) in [5, 5.41) is 12.0. The maximum Gasteiger partial charge on any atom is 0.280 e. The second-order valence-corrected chi connectivity index (χ2v) is 9.91. The molecule has 10 nitrogen and oxygen atoms in total. The van der Waals surface area contributed by atoms with Crippen LogP contribution in [0.5, 0.6) is 0 Å². The molecule has 1 fully saturated rings. The van der Waals surface area contributed by atoms with E-state index in [1.54, 1.807) is 27.7 Å². The average Bonchev–Trinajstić information content (AvgIpc) is 3.38. The minimum Gasteiger partial charge on any atom is -0.365 e. The van der Waals surface area contributed by atoms with Gasteiger partial charge in [0.1, 0.15) is 15.4 Å². The maximum atomic E-state index is 13.5. The molecule has 0 atom stereocenters. The Morgan fingerprint density at radius 2 is 2.05 bits per heavy atom. The zero-order chi connectivity index (χ0) is 26.0. The number of carbonyl (C=O) groups excluding carboxylic acids is 2. The van der Waals surface area contributed by atoms with Gasteiger partial charge in [-0.1, -0.05) is 0 Å². The van der Waals surface area contributed by atoms with Gasteiger partial charge >= 0.3 is 0 Å². The van der Waals surface area contributed by atoms with Gasteiger partial charge in [-0.2, -0.15) is 10.2 Å². The Labute approximate surface area is 212 Å². The number of thiophene rings is 1. The molecule has 188 valence electrons. The van der Waals surface area contributed by atoms with Crippen molar-refractivity contribution < 1.29 is 18.4 Å². The number of anilines is 1. The van der Waals surface area contributed by atoms with Crippen LogP contribution in [0.25, 0.3) is 27.1 Å². The van der Waals surface area contributed by atoms with Crippen molar-refractivity contribution in [3.8, 4) is 11.3 Å². The topological polar surface area (TPSA) is 133 Å². The molecule has 1 aliphatic rings. The molecule has 37 heavy (non-hydrogen) atoms. The van der Waals surface area contributed by atoms with Crippen LogP contribution in [0.4, 0.5) is 14.5 Å². The summed E-state index contributed by atoms with van der Waals surface area (Å²) < 4.78 is 30.3. The van der Waals surface area contributed by atoms with Crippen molar-refractivity contribution >= 4 is 44.7 Å². The third-order valence-electron chi connectivity index (χ3n) is 6.52.